The molecule has 1 unspecified atom stereocenters. The molecule has 1 aliphatic rings. The summed E-state index contributed by atoms with van der Waals surface area (Å²) < 4.78 is 8.01. The number of carbonyl (C=O) groups is 1. The Bertz CT molecular complexity index is 1460. The number of rotatable bonds is 8. The number of thioether (sulfide) groups is 1. The number of ether oxygens (including phenoxy) is 1. The molecule has 0 bridgehead atoms. The van der Waals surface area contributed by atoms with Crippen molar-refractivity contribution in [3.8, 4) is 22.7 Å². The van der Waals surface area contributed by atoms with Crippen LogP contribution in [-0.4, -0.2) is 31.5 Å². The quantitative estimate of drug-likeness (QED) is 0.140. The first-order valence-corrected chi connectivity index (χ1v) is 13.1. The molecule has 7 heteroatoms. The normalized spacial score (nSPS) is 15.3. The first-order valence-electron chi connectivity index (χ1n) is 11.9. The summed E-state index contributed by atoms with van der Waals surface area (Å²) in [4.78, 5) is 15.8. The summed E-state index contributed by atoms with van der Waals surface area (Å²) >= 11 is 6.95. The van der Waals surface area contributed by atoms with Gasteiger partial charge in [-0.05, 0) is 55.0 Å². The van der Waals surface area contributed by atoms with Gasteiger partial charge in [-0.3, -0.25) is 9.69 Å². The van der Waals surface area contributed by atoms with E-state index >= 15 is 0 Å². The molecule has 1 fully saturated rings. The molecule has 4 aromatic rings. The van der Waals surface area contributed by atoms with Crippen molar-refractivity contribution in [2.45, 2.75) is 13.0 Å². The van der Waals surface area contributed by atoms with Crippen molar-refractivity contribution in [3.63, 3.8) is 0 Å². The minimum Gasteiger partial charge on any atom is -0.490 e. The van der Waals surface area contributed by atoms with Crippen LogP contribution in [0.5, 0.6) is 5.75 Å². The number of aromatic nitrogens is 2. The Morgan fingerprint density at radius 2 is 1.70 bits per heavy atom. The Labute approximate surface area is 226 Å². The van der Waals surface area contributed by atoms with E-state index in [0.29, 0.717) is 15.8 Å². The van der Waals surface area contributed by atoms with Crippen molar-refractivity contribution in [3.05, 3.63) is 120 Å². The SMILES string of the molecule is C=CCOc1ccc(-c2nn(-c3ccccc3)cc2/C=C2\SC(=S)N(C(C)c3ccccc3)C2=O)cc1. The lowest BCUT2D eigenvalue weighted by molar-refractivity contribution is -0.123. The highest BCUT2D eigenvalue weighted by atomic mass is 32.2. The molecule has 0 spiro atoms. The van der Waals surface area contributed by atoms with Gasteiger partial charge >= 0.3 is 0 Å². The third-order valence-electron chi connectivity index (χ3n) is 6.04. The minimum atomic E-state index is -0.158. The Hall–Kier alpha value is -3.94. The molecule has 0 N–H and O–H groups in total. The highest BCUT2D eigenvalue weighted by Crippen LogP contribution is 2.39. The molecule has 37 heavy (non-hydrogen) atoms. The molecule has 3 aromatic carbocycles. The molecule has 1 aliphatic heterocycles. The zero-order valence-corrected chi connectivity index (χ0v) is 21.9. The second kappa shape index (κ2) is 11.0. The second-order valence-electron chi connectivity index (χ2n) is 8.48. The van der Waals surface area contributed by atoms with Crippen molar-refractivity contribution in [1.29, 1.82) is 0 Å². The first kappa shape index (κ1) is 24.7. The van der Waals surface area contributed by atoms with Crippen molar-refractivity contribution in [2.24, 2.45) is 0 Å². The van der Waals surface area contributed by atoms with Crippen LogP contribution in [0.15, 0.2) is 109 Å². The van der Waals surface area contributed by atoms with E-state index in [1.54, 1.807) is 11.0 Å². The summed E-state index contributed by atoms with van der Waals surface area (Å²) in [6.45, 7) is 6.13. The fourth-order valence-corrected chi connectivity index (χ4v) is 5.54. The van der Waals surface area contributed by atoms with Gasteiger partial charge in [-0.25, -0.2) is 4.68 Å². The Kier molecular flexibility index (Phi) is 7.35. The Morgan fingerprint density at radius 3 is 2.38 bits per heavy atom. The monoisotopic (exact) mass is 523 g/mol. The standard InChI is InChI=1S/C30H25N3O2S2/c1-3-18-35-26-16-14-23(15-17-26)28-24(20-32(31-28)25-12-8-5-9-13-25)19-27-29(34)33(30(36)37-27)21(2)22-10-6-4-7-11-22/h3-17,19-21H,1,18H2,2H3/b27-19-. The second-order valence-corrected chi connectivity index (χ2v) is 10.2. The van der Waals surface area contributed by atoms with E-state index in [4.69, 9.17) is 22.1 Å². The zero-order valence-electron chi connectivity index (χ0n) is 20.3. The van der Waals surface area contributed by atoms with Gasteiger partial charge in [0, 0.05) is 17.3 Å². The smallest absolute Gasteiger partial charge is 0.266 e. The van der Waals surface area contributed by atoms with Crippen LogP contribution in [0.2, 0.25) is 0 Å². The number of carbonyl (C=O) groups excluding carboxylic acids is 1. The number of hydrogen-bond donors (Lipinski definition) is 0. The number of benzene rings is 3. The predicted octanol–water partition coefficient (Wildman–Crippen LogP) is 7.07. The van der Waals surface area contributed by atoms with Crippen molar-refractivity contribution >= 4 is 40.3 Å². The maximum absolute atomic E-state index is 13.5. The highest BCUT2D eigenvalue weighted by Gasteiger charge is 2.36. The van der Waals surface area contributed by atoms with Crippen LogP contribution in [0.1, 0.15) is 24.1 Å². The minimum absolute atomic E-state index is 0.0991. The van der Waals surface area contributed by atoms with Gasteiger partial charge in [0.2, 0.25) is 0 Å². The van der Waals surface area contributed by atoms with Gasteiger partial charge in [-0.15, -0.1) is 0 Å². The Morgan fingerprint density at radius 1 is 1.03 bits per heavy atom. The molecule has 1 aromatic heterocycles. The van der Waals surface area contributed by atoms with E-state index in [0.717, 1.165) is 33.8 Å². The van der Waals surface area contributed by atoms with Crippen LogP contribution in [0.25, 0.3) is 23.0 Å². The van der Waals surface area contributed by atoms with E-state index in [-0.39, 0.29) is 11.9 Å². The summed E-state index contributed by atoms with van der Waals surface area (Å²) in [5.74, 6) is 0.654. The van der Waals surface area contributed by atoms with E-state index in [1.807, 2.05) is 109 Å². The molecule has 5 nitrogen and oxygen atoms in total. The number of thiocarbonyl (C=S) groups is 1. The van der Waals surface area contributed by atoms with E-state index in [9.17, 15) is 4.79 Å². The third-order valence-corrected chi connectivity index (χ3v) is 7.37. The van der Waals surface area contributed by atoms with Gasteiger partial charge in [-0.1, -0.05) is 85.2 Å². The number of amides is 1. The third kappa shape index (κ3) is 5.28. The van der Waals surface area contributed by atoms with Crippen LogP contribution < -0.4 is 4.74 Å². The lowest BCUT2D eigenvalue weighted by Gasteiger charge is -2.23. The molecule has 1 saturated heterocycles. The predicted molar refractivity (Wildman–Crippen MR) is 155 cm³/mol. The van der Waals surface area contributed by atoms with E-state index < -0.39 is 0 Å². The molecular weight excluding hydrogens is 498 g/mol. The van der Waals surface area contributed by atoms with Gasteiger partial charge in [0.15, 0.2) is 0 Å². The van der Waals surface area contributed by atoms with Crippen molar-refractivity contribution in [1.82, 2.24) is 14.7 Å². The molecule has 2 heterocycles. The molecule has 0 radical (unpaired) electrons. The van der Waals surface area contributed by atoms with Crippen LogP contribution in [0.3, 0.4) is 0 Å². The number of hydrogen-bond acceptors (Lipinski definition) is 5. The van der Waals surface area contributed by atoms with Gasteiger partial charge in [-0.2, -0.15) is 5.10 Å². The maximum atomic E-state index is 13.5. The average molecular weight is 524 g/mol. The summed E-state index contributed by atoms with van der Waals surface area (Å²) in [5.41, 5.74) is 4.48. The van der Waals surface area contributed by atoms with Gasteiger partial charge in [0.25, 0.3) is 5.91 Å². The molecule has 1 amide bonds. The average Bonchev–Trinajstić information content (AvgIpc) is 3.48. The number of para-hydroxylation sites is 1. The van der Waals surface area contributed by atoms with Gasteiger partial charge in [0.1, 0.15) is 16.7 Å². The van der Waals surface area contributed by atoms with E-state index in [1.165, 1.54) is 11.8 Å². The van der Waals surface area contributed by atoms with Crippen molar-refractivity contribution < 1.29 is 9.53 Å². The summed E-state index contributed by atoms with van der Waals surface area (Å²) in [6, 6.07) is 27.4. The van der Waals surface area contributed by atoms with Gasteiger partial charge < -0.3 is 4.74 Å². The molecule has 0 saturated carbocycles. The van der Waals surface area contributed by atoms with Crippen molar-refractivity contribution in [2.75, 3.05) is 6.61 Å². The van der Waals surface area contributed by atoms with Crippen LogP contribution in [0.4, 0.5) is 0 Å². The lowest BCUT2D eigenvalue weighted by Crippen LogP contribution is -2.30. The van der Waals surface area contributed by atoms with E-state index in [2.05, 4.69) is 6.58 Å². The lowest BCUT2D eigenvalue weighted by atomic mass is 10.1. The first-order chi connectivity index (χ1) is 18.0. The number of nitrogens with zero attached hydrogens (tertiary/aromatic N) is 3. The fraction of sp³-hybridized carbons (Fsp3) is 0.100. The largest absolute Gasteiger partial charge is 0.490 e. The molecule has 5 rings (SSSR count). The summed E-state index contributed by atoms with van der Waals surface area (Å²) in [6.07, 6.45) is 5.54. The fourth-order valence-electron chi connectivity index (χ4n) is 4.13. The topological polar surface area (TPSA) is 47.4 Å². The molecule has 184 valence electrons. The highest BCUT2D eigenvalue weighted by molar-refractivity contribution is 8.26. The molecular formula is C30H25N3O2S2. The van der Waals surface area contributed by atoms with Crippen LogP contribution >= 0.6 is 24.0 Å². The zero-order chi connectivity index (χ0) is 25.8. The molecule has 0 aliphatic carbocycles. The molecule has 1 atom stereocenters. The summed E-state index contributed by atoms with van der Waals surface area (Å²) in [7, 11) is 0. The van der Waals surface area contributed by atoms with Crippen LogP contribution in [-0.2, 0) is 4.79 Å². The van der Waals surface area contributed by atoms with Crippen LogP contribution in [0, 0.1) is 0 Å². The maximum Gasteiger partial charge on any atom is 0.266 e. The summed E-state index contributed by atoms with van der Waals surface area (Å²) in [5, 5.41) is 4.88. The van der Waals surface area contributed by atoms with Gasteiger partial charge in [0.05, 0.1) is 22.3 Å². The Balaban J connectivity index is 1.51.